The first-order valence-corrected chi connectivity index (χ1v) is 15.5. The van der Waals surface area contributed by atoms with E-state index in [-0.39, 0.29) is 48.9 Å². The summed E-state index contributed by atoms with van der Waals surface area (Å²) in [5, 5.41) is 13.3. The van der Waals surface area contributed by atoms with Crippen LogP contribution < -0.4 is 16.0 Å². The minimum atomic E-state index is -0.842. The smallest absolute Gasteiger partial charge is 0.243 e. The Morgan fingerprint density at radius 1 is 1.02 bits per heavy atom. The van der Waals surface area contributed by atoms with Crippen LogP contribution >= 0.6 is 0 Å². The van der Waals surface area contributed by atoms with Crippen LogP contribution in [0.2, 0.25) is 0 Å². The van der Waals surface area contributed by atoms with Crippen molar-refractivity contribution in [2.24, 2.45) is 5.92 Å². The fraction of sp³-hybridized carbons (Fsp3) is 0.500. The van der Waals surface area contributed by atoms with E-state index in [0.717, 1.165) is 11.3 Å². The SMILES string of the molecule is Cc1nc2n(n1)CC(=O)NCCCN(C(=O)CCc1cnccn1)CCCC(=O)N[C@H](Cc1ccccc1)C(=O)N[C@H]2C(C)C. The Bertz CT molecular complexity index is 1430. The maximum absolute atomic E-state index is 13.8. The summed E-state index contributed by atoms with van der Waals surface area (Å²) in [5.74, 6) is -0.0620. The molecule has 0 bridgehead atoms. The number of nitrogens with zero attached hydrogens (tertiary/aromatic N) is 6. The van der Waals surface area contributed by atoms with Gasteiger partial charge < -0.3 is 20.9 Å². The molecule has 45 heavy (non-hydrogen) atoms. The third kappa shape index (κ3) is 10.2. The minimum absolute atomic E-state index is 0.0643. The Kier molecular flexibility index (Phi) is 12.1. The number of amides is 4. The Labute approximate surface area is 263 Å². The van der Waals surface area contributed by atoms with Crippen molar-refractivity contribution >= 4 is 23.6 Å². The van der Waals surface area contributed by atoms with Crippen LogP contribution in [0.25, 0.3) is 0 Å². The summed E-state index contributed by atoms with van der Waals surface area (Å²) in [6.45, 7) is 6.73. The molecule has 1 aliphatic heterocycles. The predicted molar refractivity (Wildman–Crippen MR) is 166 cm³/mol. The van der Waals surface area contributed by atoms with Crippen molar-refractivity contribution in [1.82, 2.24) is 45.6 Å². The average molecular weight is 618 g/mol. The molecule has 1 aliphatic rings. The Balaban J connectivity index is 1.54. The second-order valence-electron chi connectivity index (χ2n) is 11.6. The fourth-order valence-electron chi connectivity index (χ4n) is 5.26. The third-order valence-corrected chi connectivity index (χ3v) is 7.60. The molecule has 240 valence electrons. The van der Waals surface area contributed by atoms with Crippen LogP contribution in [0, 0.1) is 12.8 Å². The van der Waals surface area contributed by atoms with Crippen molar-refractivity contribution in [1.29, 1.82) is 0 Å². The summed E-state index contributed by atoms with van der Waals surface area (Å²) in [6.07, 6.45) is 6.93. The second-order valence-corrected chi connectivity index (χ2v) is 11.6. The molecule has 2 atom stereocenters. The zero-order valence-corrected chi connectivity index (χ0v) is 26.2. The number of nitrogens with one attached hydrogen (secondary N) is 3. The molecule has 13 nitrogen and oxygen atoms in total. The van der Waals surface area contributed by atoms with Gasteiger partial charge in [0.1, 0.15) is 18.4 Å². The van der Waals surface area contributed by atoms with Gasteiger partial charge in [0.25, 0.3) is 0 Å². The number of benzene rings is 1. The zero-order valence-electron chi connectivity index (χ0n) is 26.2. The molecule has 2 aromatic heterocycles. The highest BCUT2D eigenvalue weighted by Gasteiger charge is 2.30. The lowest BCUT2D eigenvalue weighted by Crippen LogP contribution is -2.50. The van der Waals surface area contributed by atoms with Gasteiger partial charge in [0.05, 0.1) is 11.7 Å². The van der Waals surface area contributed by atoms with E-state index < -0.39 is 12.1 Å². The molecule has 1 aromatic carbocycles. The summed E-state index contributed by atoms with van der Waals surface area (Å²) >= 11 is 0. The van der Waals surface area contributed by atoms with Gasteiger partial charge in [0.15, 0.2) is 5.82 Å². The normalized spacial score (nSPS) is 19.1. The van der Waals surface area contributed by atoms with Crippen molar-refractivity contribution in [2.45, 2.75) is 77.9 Å². The van der Waals surface area contributed by atoms with Gasteiger partial charge in [-0.3, -0.25) is 29.1 Å². The number of hydrogen-bond donors (Lipinski definition) is 3. The van der Waals surface area contributed by atoms with E-state index in [2.05, 4.69) is 36.0 Å². The van der Waals surface area contributed by atoms with E-state index in [9.17, 15) is 19.2 Å². The molecule has 0 saturated heterocycles. The Morgan fingerprint density at radius 3 is 2.53 bits per heavy atom. The summed E-state index contributed by atoms with van der Waals surface area (Å²) in [4.78, 5) is 67.6. The van der Waals surface area contributed by atoms with Crippen molar-refractivity contribution in [3.8, 4) is 0 Å². The van der Waals surface area contributed by atoms with Crippen LogP contribution in [0.4, 0.5) is 0 Å². The summed E-state index contributed by atoms with van der Waals surface area (Å²) in [7, 11) is 0. The first kappa shape index (κ1) is 33.2. The average Bonchev–Trinajstić information content (AvgIpc) is 3.38. The van der Waals surface area contributed by atoms with Crippen molar-refractivity contribution in [3.05, 3.63) is 71.8 Å². The van der Waals surface area contributed by atoms with E-state index in [1.54, 1.807) is 30.4 Å². The molecule has 3 N–H and O–H groups in total. The van der Waals surface area contributed by atoms with E-state index in [1.807, 2.05) is 44.2 Å². The summed E-state index contributed by atoms with van der Waals surface area (Å²) in [5.41, 5.74) is 1.63. The van der Waals surface area contributed by atoms with Crippen LogP contribution in [0.15, 0.2) is 48.9 Å². The van der Waals surface area contributed by atoms with Gasteiger partial charge in [-0.05, 0) is 37.7 Å². The van der Waals surface area contributed by atoms with E-state index >= 15 is 0 Å². The number of carbonyl (C=O) groups is 4. The first-order valence-electron chi connectivity index (χ1n) is 15.5. The van der Waals surface area contributed by atoms with Crippen molar-refractivity contribution in [3.63, 3.8) is 0 Å². The highest BCUT2D eigenvalue weighted by Crippen LogP contribution is 2.21. The number of aromatic nitrogens is 5. The highest BCUT2D eigenvalue weighted by atomic mass is 16.2. The number of rotatable bonds is 6. The number of carbonyl (C=O) groups excluding carboxylic acids is 4. The molecule has 3 aromatic rings. The maximum atomic E-state index is 13.8. The minimum Gasteiger partial charge on any atom is -0.354 e. The lowest BCUT2D eigenvalue weighted by molar-refractivity contribution is -0.132. The third-order valence-electron chi connectivity index (χ3n) is 7.60. The number of hydrogen-bond acceptors (Lipinski definition) is 8. The van der Waals surface area contributed by atoms with Crippen molar-refractivity contribution < 1.29 is 19.2 Å². The van der Waals surface area contributed by atoms with Crippen LogP contribution in [0.5, 0.6) is 0 Å². The molecule has 0 radical (unpaired) electrons. The molecule has 0 fully saturated rings. The lowest BCUT2D eigenvalue weighted by atomic mass is 10.0. The van der Waals surface area contributed by atoms with Gasteiger partial charge in [-0.25, -0.2) is 9.67 Å². The van der Waals surface area contributed by atoms with Crippen molar-refractivity contribution in [2.75, 3.05) is 19.6 Å². The molecule has 0 saturated carbocycles. The molecule has 0 unspecified atom stereocenters. The van der Waals surface area contributed by atoms with Gasteiger partial charge in [-0.2, -0.15) is 5.10 Å². The molecule has 3 heterocycles. The van der Waals surface area contributed by atoms with Crippen LogP contribution in [0.1, 0.15) is 68.5 Å². The van der Waals surface area contributed by atoms with Gasteiger partial charge in [-0.15, -0.1) is 0 Å². The van der Waals surface area contributed by atoms with Gasteiger partial charge in [0, 0.05) is 57.5 Å². The van der Waals surface area contributed by atoms with E-state index in [4.69, 9.17) is 0 Å². The molecule has 13 heteroatoms. The second kappa shape index (κ2) is 16.4. The Morgan fingerprint density at radius 2 is 1.80 bits per heavy atom. The van der Waals surface area contributed by atoms with Gasteiger partial charge in [-0.1, -0.05) is 44.2 Å². The zero-order chi connectivity index (χ0) is 32.2. The largest absolute Gasteiger partial charge is 0.354 e. The van der Waals surface area contributed by atoms with E-state index in [1.165, 1.54) is 4.68 Å². The molecular weight excluding hydrogens is 574 g/mol. The Hall–Kier alpha value is -4.68. The number of fused-ring (bicyclic) bond motifs is 1. The molecule has 0 aliphatic carbocycles. The standard InChI is InChI=1S/C32H43N9O4/c1-22(2)30-31-36-23(3)39-41(31)21-28(43)35-14-8-18-40(29(44)13-12-25-20-33-15-16-34-25)17-7-11-27(42)37-26(32(45)38-30)19-24-9-5-4-6-10-24/h4-6,9-10,15-16,20,22,26,30H,7-8,11-14,17-19,21H2,1-3H3,(H,35,43)(H,37,42)(H,38,45)/t26-,30+/m1/s1. The molecule has 4 amide bonds. The topological polar surface area (TPSA) is 164 Å². The van der Waals surface area contributed by atoms with Crippen LogP contribution in [0.3, 0.4) is 0 Å². The van der Waals surface area contributed by atoms with Gasteiger partial charge >= 0.3 is 0 Å². The van der Waals surface area contributed by atoms with Crippen LogP contribution in [-0.2, 0) is 38.6 Å². The first-order chi connectivity index (χ1) is 21.7. The number of aryl methyl sites for hydroxylation is 2. The monoisotopic (exact) mass is 617 g/mol. The summed E-state index contributed by atoms with van der Waals surface area (Å²) < 4.78 is 1.52. The maximum Gasteiger partial charge on any atom is 0.243 e. The highest BCUT2D eigenvalue weighted by molar-refractivity contribution is 5.88. The fourth-order valence-corrected chi connectivity index (χ4v) is 5.26. The predicted octanol–water partition coefficient (Wildman–Crippen LogP) is 1.68. The van der Waals surface area contributed by atoms with Gasteiger partial charge in [0.2, 0.25) is 23.6 Å². The quantitative estimate of drug-likeness (QED) is 0.376. The lowest BCUT2D eigenvalue weighted by Gasteiger charge is -2.26. The van der Waals surface area contributed by atoms with E-state index in [0.29, 0.717) is 57.0 Å². The molecular formula is C32H43N9O4. The molecule has 4 rings (SSSR count). The summed E-state index contributed by atoms with van der Waals surface area (Å²) in [6, 6.07) is 8.11. The molecule has 0 spiro atoms. The van der Waals surface area contributed by atoms with Crippen LogP contribution in [-0.4, -0.2) is 78.9 Å².